The topological polar surface area (TPSA) is 61.8 Å². The average Bonchev–Trinajstić information content (AvgIpc) is 2.50. The molecule has 0 radical (unpaired) electrons. The van der Waals surface area contributed by atoms with Gasteiger partial charge in [-0.2, -0.15) is 0 Å². The molecule has 5 heteroatoms. The van der Waals surface area contributed by atoms with Crippen LogP contribution in [-0.4, -0.2) is 32.8 Å². The Kier molecular flexibility index (Phi) is 6.72. The molecule has 1 rings (SSSR count). The number of carbonyl (C=O) groups excluding carboxylic acids is 2. The highest BCUT2D eigenvalue weighted by Gasteiger charge is 2.25. The number of ether oxygens (including phenoxy) is 3. The maximum absolute atomic E-state index is 11.8. The molecule has 0 aromatic heterocycles. The monoisotopic (exact) mass is 294 g/mol. The van der Waals surface area contributed by atoms with Crippen LogP contribution in [0.25, 0.3) is 0 Å². The van der Waals surface area contributed by atoms with Gasteiger partial charge in [-0.25, -0.2) is 0 Å². The van der Waals surface area contributed by atoms with Crippen LogP contribution in [0, 0.1) is 5.92 Å². The van der Waals surface area contributed by atoms with Gasteiger partial charge in [0.1, 0.15) is 5.75 Å². The van der Waals surface area contributed by atoms with Crippen molar-refractivity contribution in [2.24, 2.45) is 5.92 Å². The zero-order valence-corrected chi connectivity index (χ0v) is 12.9. The summed E-state index contributed by atoms with van der Waals surface area (Å²) < 4.78 is 14.9. The molecule has 1 atom stereocenters. The fraction of sp³-hybridized carbons (Fsp3) is 0.500. The number of benzene rings is 1. The summed E-state index contributed by atoms with van der Waals surface area (Å²) in [6.07, 6.45) is -0.0463. The lowest BCUT2D eigenvalue weighted by atomic mass is 9.96. The van der Waals surface area contributed by atoms with Gasteiger partial charge in [0.2, 0.25) is 0 Å². The predicted octanol–water partition coefficient (Wildman–Crippen LogP) is 2.54. The van der Waals surface area contributed by atoms with Crippen molar-refractivity contribution < 1.29 is 23.8 Å². The van der Waals surface area contributed by atoms with E-state index in [2.05, 4.69) is 18.6 Å². The maximum atomic E-state index is 11.8. The van der Waals surface area contributed by atoms with E-state index in [9.17, 15) is 9.59 Å². The van der Waals surface area contributed by atoms with E-state index < -0.39 is 17.9 Å². The third kappa shape index (κ3) is 5.45. The Balaban J connectivity index is 2.83. The second-order valence-corrected chi connectivity index (χ2v) is 5.13. The highest BCUT2D eigenvalue weighted by Crippen LogP contribution is 2.24. The highest BCUT2D eigenvalue weighted by atomic mass is 16.5. The molecule has 1 aromatic rings. The molecular formula is C16H22O5. The Morgan fingerprint density at radius 2 is 1.67 bits per heavy atom. The maximum Gasteiger partial charge on any atom is 0.313 e. The minimum absolute atomic E-state index is 0.0463. The Morgan fingerprint density at radius 3 is 2.14 bits per heavy atom. The van der Waals surface area contributed by atoms with E-state index in [0.29, 0.717) is 18.1 Å². The van der Waals surface area contributed by atoms with Gasteiger partial charge in [-0.15, -0.1) is 0 Å². The van der Waals surface area contributed by atoms with E-state index >= 15 is 0 Å². The molecule has 0 aliphatic heterocycles. The van der Waals surface area contributed by atoms with E-state index in [4.69, 9.17) is 9.47 Å². The molecular weight excluding hydrogens is 272 g/mol. The van der Waals surface area contributed by atoms with Gasteiger partial charge in [-0.1, -0.05) is 26.0 Å². The second-order valence-electron chi connectivity index (χ2n) is 5.13. The Morgan fingerprint density at radius 1 is 1.05 bits per heavy atom. The van der Waals surface area contributed by atoms with Crippen LogP contribution >= 0.6 is 0 Å². The first-order chi connectivity index (χ1) is 9.97. The third-order valence-corrected chi connectivity index (χ3v) is 2.95. The molecule has 21 heavy (non-hydrogen) atoms. The zero-order valence-electron chi connectivity index (χ0n) is 12.9. The molecule has 0 aliphatic rings. The van der Waals surface area contributed by atoms with Crippen molar-refractivity contribution in [3.63, 3.8) is 0 Å². The lowest BCUT2D eigenvalue weighted by Crippen LogP contribution is -2.18. The highest BCUT2D eigenvalue weighted by molar-refractivity contribution is 5.84. The minimum atomic E-state index is -0.665. The summed E-state index contributed by atoms with van der Waals surface area (Å²) in [5, 5.41) is 0. The van der Waals surface area contributed by atoms with Crippen molar-refractivity contribution >= 4 is 11.9 Å². The van der Waals surface area contributed by atoms with Crippen LogP contribution in [0.1, 0.15) is 31.7 Å². The molecule has 0 saturated carbocycles. The first kappa shape index (κ1) is 17.0. The molecule has 1 aromatic carbocycles. The van der Waals surface area contributed by atoms with E-state index in [1.165, 1.54) is 14.2 Å². The molecule has 116 valence electrons. The summed E-state index contributed by atoms with van der Waals surface area (Å²) in [5.74, 6) is -0.413. The van der Waals surface area contributed by atoms with Crippen molar-refractivity contribution in [3.05, 3.63) is 29.8 Å². The van der Waals surface area contributed by atoms with Gasteiger partial charge in [0.15, 0.2) is 0 Å². The van der Waals surface area contributed by atoms with Gasteiger partial charge < -0.3 is 14.2 Å². The van der Waals surface area contributed by atoms with Crippen molar-refractivity contribution in [1.29, 1.82) is 0 Å². The molecule has 0 heterocycles. The second kappa shape index (κ2) is 8.29. The number of methoxy groups -OCH3 is 2. The third-order valence-electron chi connectivity index (χ3n) is 2.95. The van der Waals surface area contributed by atoms with Crippen LogP contribution in [0.15, 0.2) is 24.3 Å². The number of hydrogen-bond acceptors (Lipinski definition) is 5. The van der Waals surface area contributed by atoms with E-state index in [-0.39, 0.29) is 6.42 Å². The summed E-state index contributed by atoms with van der Waals surface area (Å²) in [4.78, 5) is 23.2. The van der Waals surface area contributed by atoms with Crippen molar-refractivity contribution in [2.75, 3.05) is 20.8 Å². The first-order valence-electron chi connectivity index (χ1n) is 6.85. The lowest BCUT2D eigenvalue weighted by Gasteiger charge is -2.15. The normalized spacial score (nSPS) is 11.9. The Bertz CT molecular complexity index is 464. The van der Waals surface area contributed by atoms with E-state index in [1.807, 2.05) is 0 Å². The SMILES string of the molecule is COC(=O)CC(C(=O)OC)c1ccc(OCC(C)C)cc1. The smallest absolute Gasteiger partial charge is 0.313 e. The fourth-order valence-electron chi connectivity index (χ4n) is 1.79. The molecule has 5 nitrogen and oxygen atoms in total. The van der Waals surface area contributed by atoms with Crippen LogP contribution in [0.5, 0.6) is 5.75 Å². The Labute approximate surface area is 125 Å². The van der Waals surface area contributed by atoms with Crippen molar-refractivity contribution in [2.45, 2.75) is 26.2 Å². The summed E-state index contributed by atoms with van der Waals surface area (Å²) in [5.41, 5.74) is 0.698. The predicted molar refractivity (Wildman–Crippen MR) is 78.2 cm³/mol. The summed E-state index contributed by atoms with van der Waals surface area (Å²) in [6, 6.07) is 7.09. The number of rotatable bonds is 7. The first-order valence-corrected chi connectivity index (χ1v) is 6.85. The Hall–Kier alpha value is -2.04. The number of hydrogen-bond donors (Lipinski definition) is 0. The molecule has 0 amide bonds. The van der Waals surface area contributed by atoms with Gasteiger partial charge in [-0.05, 0) is 23.6 Å². The molecule has 0 fully saturated rings. The van der Waals surface area contributed by atoms with Crippen molar-refractivity contribution in [3.8, 4) is 5.75 Å². The number of carbonyl (C=O) groups is 2. The van der Waals surface area contributed by atoms with Crippen LogP contribution in [0.2, 0.25) is 0 Å². The van der Waals surface area contributed by atoms with Gasteiger partial charge in [-0.3, -0.25) is 9.59 Å². The number of esters is 2. The van der Waals surface area contributed by atoms with Crippen LogP contribution in [0.3, 0.4) is 0 Å². The molecule has 1 unspecified atom stereocenters. The fourth-order valence-corrected chi connectivity index (χ4v) is 1.79. The largest absolute Gasteiger partial charge is 0.493 e. The van der Waals surface area contributed by atoms with Gasteiger partial charge in [0, 0.05) is 0 Å². The summed E-state index contributed by atoms with van der Waals surface area (Å²) in [7, 11) is 2.59. The standard InChI is InChI=1S/C16H22O5/c1-11(2)10-21-13-7-5-12(6-8-13)14(16(18)20-4)9-15(17)19-3/h5-8,11,14H,9-10H2,1-4H3. The van der Waals surface area contributed by atoms with Gasteiger partial charge >= 0.3 is 11.9 Å². The summed E-state index contributed by atoms with van der Waals surface area (Å²) >= 11 is 0. The zero-order chi connectivity index (χ0) is 15.8. The molecule has 0 N–H and O–H groups in total. The van der Waals surface area contributed by atoms with Crippen LogP contribution in [-0.2, 0) is 19.1 Å². The quantitative estimate of drug-likeness (QED) is 0.723. The molecule has 0 spiro atoms. The van der Waals surface area contributed by atoms with E-state index in [1.54, 1.807) is 24.3 Å². The molecule has 0 aliphatic carbocycles. The van der Waals surface area contributed by atoms with Gasteiger partial charge in [0.25, 0.3) is 0 Å². The van der Waals surface area contributed by atoms with Crippen LogP contribution in [0.4, 0.5) is 0 Å². The van der Waals surface area contributed by atoms with Gasteiger partial charge in [0.05, 0.1) is 33.2 Å². The minimum Gasteiger partial charge on any atom is -0.493 e. The molecule has 0 bridgehead atoms. The van der Waals surface area contributed by atoms with Crippen LogP contribution < -0.4 is 4.74 Å². The van der Waals surface area contributed by atoms with Crippen molar-refractivity contribution in [1.82, 2.24) is 0 Å². The average molecular weight is 294 g/mol. The van der Waals surface area contributed by atoms with E-state index in [0.717, 1.165) is 5.75 Å². The lowest BCUT2D eigenvalue weighted by molar-refractivity contribution is -0.149. The molecule has 0 saturated heterocycles. The summed E-state index contributed by atoms with van der Waals surface area (Å²) in [6.45, 7) is 4.76.